The molecule has 2 aliphatic carbocycles. The van der Waals surface area contributed by atoms with Crippen LogP contribution < -0.4 is 20.1 Å². The second-order valence-corrected chi connectivity index (χ2v) is 18.9. The summed E-state index contributed by atoms with van der Waals surface area (Å²) in [6, 6.07) is 9.69. The summed E-state index contributed by atoms with van der Waals surface area (Å²) in [5.41, 5.74) is 6.50. The molecule has 4 atom stereocenters. The Morgan fingerprint density at radius 1 is 0.690 bits per heavy atom. The fourth-order valence-corrected chi connectivity index (χ4v) is 12.9. The van der Waals surface area contributed by atoms with Crippen LogP contribution in [0, 0.1) is 48.5 Å². The molecule has 5 heteroatoms. The van der Waals surface area contributed by atoms with Gasteiger partial charge in [0.15, 0.2) is 0 Å². The minimum Gasteiger partial charge on any atom is -0.496 e. The fraction of sp³-hybridized carbons (Fsp3) is 0.622. The van der Waals surface area contributed by atoms with Gasteiger partial charge in [0.25, 0.3) is 0 Å². The Kier molecular flexibility index (Phi) is 18.1. The molecule has 2 saturated carbocycles. The Balaban J connectivity index is 0.00000190. The Morgan fingerprint density at radius 2 is 1.05 bits per heavy atom. The second-order valence-electron chi connectivity index (χ2n) is 13.0. The third-order valence-electron chi connectivity index (χ3n) is 9.26. The van der Waals surface area contributed by atoms with E-state index in [2.05, 4.69) is 86.3 Å². The Hall–Kier alpha value is -0.581. The van der Waals surface area contributed by atoms with E-state index in [1.54, 1.807) is 14.2 Å². The first-order valence-electron chi connectivity index (χ1n) is 15.2. The number of aryl methyl sites for hydroxylation is 4. The summed E-state index contributed by atoms with van der Waals surface area (Å²) >= 11 is 0. The van der Waals surface area contributed by atoms with Gasteiger partial charge in [-0.05, 0) is 135 Å². The molecule has 42 heavy (non-hydrogen) atoms. The maximum atomic E-state index is 5.73. The molecule has 0 N–H and O–H groups in total. The molecule has 240 valence electrons. The van der Waals surface area contributed by atoms with E-state index in [0.29, 0.717) is 5.16 Å². The number of methoxy groups -OCH3 is 2. The molecule has 2 aromatic rings. The van der Waals surface area contributed by atoms with Crippen molar-refractivity contribution in [2.45, 2.75) is 123 Å². The molecule has 2 aromatic carbocycles. The second kappa shape index (κ2) is 18.4. The summed E-state index contributed by atoms with van der Waals surface area (Å²) < 4.78 is 11.5. The Labute approximate surface area is 274 Å². The monoisotopic (exact) mass is 656 g/mol. The van der Waals surface area contributed by atoms with Gasteiger partial charge in [-0.3, -0.25) is 0 Å². The third kappa shape index (κ3) is 9.96. The van der Waals surface area contributed by atoms with Crippen LogP contribution in [0.5, 0.6) is 11.5 Å². The van der Waals surface area contributed by atoms with Crippen LogP contribution >= 0.6 is 15.8 Å². The van der Waals surface area contributed by atoms with Crippen molar-refractivity contribution in [3.05, 3.63) is 61.4 Å². The normalized spacial score (nSPS) is 19.4. The van der Waals surface area contributed by atoms with Gasteiger partial charge in [0.2, 0.25) is 0 Å². The molecule has 2 aliphatic rings. The van der Waals surface area contributed by atoms with Crippen LogP contribution in [0.2, 0.25) is 0 Å². The van der Waals surface area contributed by atoms with Gasteiger partial charge in [0.1, 0.15) is 11.5 Å². The van der Waals surface area contributed by atoms with Gasteiger partial charge >= 0.3 is 17.1 Å². The molecule has 4 rings (SSSR count). The van der Waals surface area contributed by atoms with E-state index in [1.807, 2.05) is 0 Å². The molecule has 0 aromatic heterocycles. The molecule has 3 unspecified atom stereocenters. The topological polar surface area (TPSA) is 18.5 Å². The van der Waals surface area contributed by atoms with E-state index < -0.39 is 7.92 Å². The average molecular weight is 657 g/mol. The molecule has 0 radical (unpaired) electrons. The van der Waals surface area contributed by atoms with Crippen LogP contribution in [0.15, 0.2) is 24.3 Å². The first-order valence-corrected chi connectivity index (χ1v) is 18.5. The molecule has 0 saturated heterocycles. The van der Waals surface area contributed by atoms with E-state index in [9.17, 15) is 0 Å². The van der Waals surface area contributed by atoms with Crippen molar-refractivity contribution in [2.75, 3.05) is 20.9 Å². The van der Waals surface area contributed by atoms with Crippen molar-refractivity contribution in [3.8, 4) is 11.5 Å². The summed E-state index contributed by atoms with van der Waals surface area (Å²) in [6.07, 6.45) is 11.6. The van der Waals surface area contributed by atoms with Crippen LogP contribution in [-0.4, -0.2) is 37.4 Å². The van der Waals surface area contributed by atoms with Crippen LogP contribution in [0.1, 0.15) is 101 Å². The van der Waals surface area contributed by atoms with E-state index in [4.69, 9.17) is 9.47 Å². The fourth-order valence-electron chi connectivity index (χ4n) is 6.94. The molecule has 0 amide bonds. The summed E-state index contributed by atoms with van der Waals surface area (Å²) in [6.45, 7) is 21.2. The maximum Gasteiger partial charge on any atom is 2.00 e. The minimum absolute atomic E-state index is 0. The van der Waals surface area contributed by atoms with Gasteiger partial charge < -0.3 is 24.3 Å². The molecule has 0 spiro atoms. The van der Waals surface area contributed by atoms with Crippen molar-refractivity contribution < 1.29 is 26.5 Å². The van der Waals surface area contributed by atoms with Crippen LogP contribution in [0.3, 0.4) is 0 Å². The maximum absolute atomic E-state index is 5.73. The largest absolute Gasteiger partial charge is 2.00 e. The van der Waals surface area contributed by atoms with E-state index in [1.165, 1.54) is 84.2 Å². The molecule has 2 fully saturated rings. The van der Waals surface area contributed by atoms with E-state index >= 15 is 0 Å². The standard InChI is InChI=1S/C30H46O2P2.C5H10.2CH3.Fe/c1-19-15-24(16-20(2)28(19)31-9)34(25-17-21(3)29(32-10)22(4)18-25)27-14-12-13-26(27)23(5)33(11)30(6,7)8;1-2-4-5-3-1;;;/h15-18,23,26-27H,12-14H2,1-11H3;1-5H2;2*1H3;/q;;2*-1;+2/t23-,26?,27?,33?;;;;/m1..../s1. The van der Waals surface area contributed by atoms with Crippen molar-refractivity contribution in [1.82, 2.24) is 0 Å². The van der Waals surface area contributed by atoms with Crippen molar-refractivity contribution in [2.24, 2.45) is 5.92 Å². The molecular weight excluding hydrogens is 594 g/mol. The zero-order valence-corrected chi connectivity index (χ0v) is 32.2. The SMILES string of the molecule is C1CCCC1.COc1c(C)cc(P(c2cc(C)c(OC)c(C)c2)C2CCCC2[C@@H](C)P(C)C(C)(C)C)cc1C.[CH3-].[CH3-].[Fe+2]. The molecule has 0 bridgehead atoms. The third-order valence-corrected chi connectivity index (χ3v) is 15.9. The van der Waals surface area contributed by atoms with E-state index in [-0.39, 0.29) is 39.8 Å². The number of hydrogen-bond acceptors (Lipinski definition) is 2. The molecule has 2 nitrogen and oxygen atoms in total. The first-order chi connectivity index (χ1) is 18.4. The smallest absolute Gasteiger partial charge is 0.496 e. The van der Waals surface area contributed by atoms with Crippen LogP contribution in [-0.2, 0) is 17.1 Å². The first kappa shape index (κ1) is 41.4. The number of hydrogen-bond donors (Lipinski definition) is 0. The molecular formula is C37H62FeO2P2. The molecule has 0 heterocycles. The average Bonchev–Trinajstić information content (AvgIpc) is 3.58. The Morgan fingerprint density at radius 3 is 1.36 bits per heavy atom. The van der Waals surface area contributed by atoms with Crippen molar-refractivity contribution in [1.29, 1.82) is 0 Å². The van der Waals surface area contributed by atoms with Crippen molar-refractivity contribution >= 4 is 26.5 Å². The Bertz CT molecular complexity index is 977. The summed E-state index contributed by atoms with van der Waals surface area (Å²) in [5.74, 6) is 2.84. The summed E-state index contributed by atoms with van der Waals surface area (Å²) in [7, 11) is 3.04. The quantitative estimate of drug-likeness (QED) is 0.168. The van der Waals surface area contributed by atoms with Gasteiger partial charge in [-0.25, -0.2) is 0 Å². The van der Waals surface area contributed by atoms with Gasteiger partial charge in [-0.1, -0.05) is 66.2 Å². The zero-order chi connectivity index (χ0) is 28.9. The number of ether oxygens (including phenoxy) is 2. The van der Waals surface area contributed by atoms with Crippen LogP contribution in [0.4, 0.5) is 0 Å². The molecule has 0 aliphatic heterocycles. The van der Waals surface area contributed by atoms with E-state index in [0.717, 1.165) is 28.7 Å². The van der Waals surface area contributed by atoms with Gasteiger partial charge in [-0.15, -0.1) is 7.92 Å². The van der Waals surface area contributed by atoms with Gasteiger partial charge in [0.05, 0.1) is 14.2 Å². The van der Waals surface area contributed by atoms with Gasteiger partial charge in [0, 0.05) is 0 Å². The summed E-state index contributed by atoms with van der Waals surface area (Å²) in [5, 5.41) is 3.41. The number of benzene rings is 2. The van der Waals surface area contributed by atoms with Crippen molar-refractivity contribution in [3.63, 3.8) is 0 Å². The summed E-state index contributed by atoms with van der Waals surface area (Å²) in [4.78, 5) is 0. The predicted molar refractivity (Wildman–Crippen MR) is 190 cm³/mol. The number of rotatable bonds is 7. The van der Waals surface area contributed by atoms with Gasteiger partial charge in [-0.2, -0.15) is 0 Å². The minimum atomic E-state index is -0.485. The predicted octanol–water partition coefficient (Wildman–Crippen LogP) is 10.7. The van der Waals surface area contributed by atoms with Crippen LogP contribution in [0.25, 0.3) is 0 Å². The zero-order valence-electron chi connectivity index (χ0n) is 29.3.